The second-order valence-electron chi connectivity index (χ2n) is 6.49. The predicted molar refractivity (Wildman–Crippen MR) is 112 cm³/mol. The van der Waals surface area contributed by atoms with E-state index < -0.39 is 10.7 Å². The van der Waals surface area contributed by atoms with Crippen molar-refractivity contribution in [3.8, 4) is 0 Å². The minimum absolute atomic E-state index is 0. The minimum Gasteiger partial charge on any atom is -0.400 e. The average Bonchev–Trinajstić information content (AvgIpc) is 3.57. The highest BCUT2D eigenvalue weighted by atomic mass is 19.1. The van der Waals surface area contributed by atoms with Gasteiger partial charge in [0.1, 0.15) is 17.3 Å². The summed E-state index contributed by atoms with van der Waals surface area (Å²) < 4.78 is 25.5. The smallest absolute Gasteiger partial charge is 0.292 e. The van der Waals surface area contributed by atoms with Crippen LogP contribution in [0, 0.1) is 21.7 Å². The maximum Gasteiger partial charge on any atom is 0.292 e. The van der Waals surface area contributed by atoms with Gasteiger partial charge in [0.05, 0.1) is 16.3 Å². The van der Waals surface area contributed by atoms with E-state index in [4.69, 9.17) is 10.8 Å². The fourth-order valence-corrected chi connectivity index (χ4v) is 2.33. The van der Waals surface area contributed by atoms with Crippen LogP contribution in [-0.4, -0.2) is 29.2 Å². The molecule has 2 aliphatic rings. The van der Waals surface area contributed by atoms with E-state index in [1.807, 2.05) is 0 Å². The Labute approximate surface area is 169 Å². The molecular formula is C20H28F2N4O3. The van der Waals surface area contributed by atoms with Crippen molar-refractivity contribution in [1.29, 1.82) is 0 Å². The summed E-state index contributed by atoms with van der Waals surface area (Å²) in [5.41, 5.74) is 7.17. The minimum atomic E-state index is -0.510. The van der Waals surface area contributed by atoms with Crippen LogP contribution in [0.15, 0.2) is 36.4 Å². The molecule has 29 heavy (non-hydrogen) atoms. The lowest BCUT2D eigenvalue weighted by Crippen LogP contribution is -2.04. The molecular weight excluding hydrogens is 382 g/mol. The Morgan fingerprint density at radius 3 is 1.90 bits per heavy atom. The number of nitrogens with zero attached hydrogens (tertiary/aromatic N) is 1. The number of hydrogen-bond donors (Lipinski definition) is 4. The first-order valence-electron chi connectivity index (χ1n) is 8.89. The number of aliphatic hydroxyl groups is 1. The third-order valence-corrected chi connectivity index (χ3v) is 4.04. The summed E-state index contributed by atoms with van der Waals surface area (Å²) in [4.78, 5) is 10.1. The van der Waals surface area contributed by atoms with E-state index in [-0.39, 0.29) is 30.7 Å². The summed E-state index contributed by atoms with van der Waals surface area (Å²) in [5, 5.41) is 23.7. The third-order valence-electron chi connectivity index (χ3n) is 4.04. The molecule has 0 atom stereocenters. The van der Waals surface area contributed by atoms with Gasteiger partial charge in [-0.2, -0.15) is 0 Å². The molecule has 4 rings (SSSR count). The summed E-state index contributed by atoms with van der Waals surface area (Å²) in [6.07, 6.45) is 4.31. The van der Waals surface area contributed by atoms with Crippen LogP contribution in [0.4, 0.5) is 31.5 Å². The maximum absolute atomic E-state index is 12.8. The van der Waals surface area contributed by atoms with Crippen LogP contribution in [0.1, 0.15) is 33.1 Å². The molecule has 5 N–H and O–H groups in total. The van der Waals surface area contributed by atoms with Crippen molar-refractivity contribution in [2.45, 2.75) is 45.2 Å². The first-order valence-corrected chi connectivity index (χ1v) is 8.89. The zero-order chi connectivity index (χ0) is 20.7. The van der Waals surface area contributed by atoms with Crippen molar-refractivity contribution in [2.24, 2.45) is 0 Å². The SMILES string of the molecule is C.CO.Nc1ccc(F)cc1NC1CC1.O=[N+]([O-])c1ccc(F)cc1NC1CC1. The van der Waals surface area contributed by atoms with Crippen LogP contribution in [0.5, 0.6) is 0 Å². The summed E-state index contributed by atoms with van der Waals surface area (Å²) in [5.74, 6) is -0.703. The molecule has 9 heteroatoms. The molecule has 160 valence electrons. The van der Waals surface area contributed by atoms with Gasteiger partial charge in [-0.25, -0.2) is 8.78 Å². The topological polar surface area (TPSA) is 113 Å². The first kappa shape index (κ1) is 24.1. The third kappa shape index (κ3) is 7.90. The van der Waals surface area contributed by atoms with E-state index in [2.05, 4.69) is 10.6 Å². The summed E-state index contributed by atoms with van der Waals surface area (Å²) >= 11 is 0. The van der Waals surface area contributed by atoms with E-state index in [0.29, 0.717) is 11.7 Å². The molecule has 0 spiro atoms. The second-order valence-corrected chi connectivity index (χ2v) is 6.49. The number of benzene rings is 2. The largest absolute Gasteiger partial charge is 0.400 e. The quantitative estimate of drug-likeness (QED) is 0.327. The zero-order valence-corrected chi connectivity index (χ0v) is 15.5. The van der Waals surface area contributed by atoms with Crippen molar-refractivity contribution in [3.63, 3.8) is 0 Å². The van der Waals surface area contributed by atoms with E-state index in [1.54, 1.807) is 6.07 Å². The number of halogens is 2. The first-order chi connectivity index (χ1) is 13.4. The Hall–Kier alpha value is -2.94. The Balaban J connectivity index is 0.000000261. The number of nitro benzene ring substituents is 1. The van der Waals surface area contributed by atoms with Crippen molar-refractivity contribution in [3.05, 3.63) is 58.1 Å². The molecule has 0 radical (unpaired) electrons. The maximum atomic E-state index is 12.8. The molecule has 2 aliphatic carbocycles. The van der Waals surface area contributed by atoms with Crippen molar-refractivity contribution in [1.82, 2.24) is 0 Å². The zero-order valence-electron chi connectivity index (χ0n) is 15.5. The second kappa shape index (κ2) is 11.2. The number of nitro groups is 1. The van der Waals surface area contributed by atoms with Gasteiger partial charge < -0.3 is 21.5 Å². The molecule has 0 heterocycles. The Bertz CT molecular complexity index is 812. The van der Waals surface area contributed by atoms with Crippen molar-refractivity contribution >= 4 is 22.7 Å². The van der Waals surface area contributed by atoms with Crippen molar-refractivity contribution < 1.29 is 18.8 Å². The number of aliphatic hydroxyl groups excluding tert-OH is 1. The summed E-state index contributed by atoms with van der Waals surface area (Å²) in [7, 11) is 1.00. The Morgan fingerprint density at radius 2 is 1.41 bits per heavy atom. The normalized spacial score (nSPS) is 14.2. The van der Waals surface area contributed by atoms with Crippen molar-refractivity contribution in [2.75, 3.05) is 23.5 Å². The number of nitrogen functional groups attached to an aromatic ring is 1. The summed E-state index contributed by atoms with van der Waals surface area (Å²) in [6, 6.07) is 8.61. The van der Waals surface area contributed by atoms with Gasteiger partial charge >= 0.3 is 0 Å². The van der Waals surface area contributed by atoms with Gasteiger partial charge in [0.15, 0.2) is 0 Å². The van der Waals surface area contributed by atoms with Crippen LogP contribution < -0.4 is 16.4 Å². The molecule has 7 nitrogen and oxygen atoms in total. The lowest BCUT2D eigenvalue weighted by Gasteiger charge is -2.07. The molecule has 0 bridgehead atoms. The highest BCUT2D eigenvalue weighted by molar-refractivity contribution is 5.66. The lowest BCUT2D eigenvalue weighted by atomic mass is 10.2. The molecule has 0 aromatic heterocycles. The summed E-state index contributed by atoms with van der Waals surface area (Å²) in [6.45, 7) is 0. The monoisotopic (exact) mass is 410 g/mol. The highest BCUT2D eigenvalue weighted by Crippen LogP contribution is 2.31. The van der Waals surface area contributed by atoms with Gasteiger partial charge in [-0.15, -0.1) is 0 Å². The number of rotatable bonds is 5. The van der Waals surface area contributed by atoms with E-state index >= 15 is 0 Å². The molecule has 2 aromatic rings. The fourth-order valence-electron chi connectivity index (χ4n) is 2.33. The fraction of sp³-hybridized carbons (Fsp3) is 0.400. The lowest BCUT2D eigenvalue weighted by molar-refractivity contribution is -0.384. The number of hydrogen-bond acceptors (Lipinski definition) is 6. The molecule has 0 unspecified atom stereocenters. The average molecular weight is 410 g/mol. The van der Waals surface area contributed by atoms with Gasteiger partial charge in [0, 0.05) is 31.3 Å². The van der Waals surface area contributed by atoms with E-state index in [0.717, 1.165) is 50.6 Å². The predicted octanol–water partition coefficient (Wildman–Crippen LogP) is 4.54. The van der Waals surface area contributed by atoms with Crippen LogP contribution >= 0.6 is 0 Å². The Kier molecular flexibility index (Phi) is 9.27. The van der Waals surface area contributed by atoms with E-state index in [1.165, 1.54) is 18.2 Å². The van der Waals surface area contributed by atoms with Gasteiger partial charge in [0.25, 0.3) is 5.69 Å². The number of nitrogens with two attached hydrogens (primary N) is 1. The molecule has 0 amide bonds. The van der Waals surface area contributed by atoms with Gasteiger partial charge in [-0.05, 0) is 49.9 Å². The molecule has 0 saturated heterocycles. The highest BCUT2D eigenvalue weighted by Gasteiger charge is 2.25. The van der Waals surface area contributed by atoms with Gasteiger partial charge in [-0.3, -0.25) is 10.1 Å². The molecule has 2 fully saturated rings. The number of nitrogens with one attached hydrogen (secondary N) is 2. The van der Waals surface area contributed by atoms with Crippen LogP contribution in [0.25, 0.3) is 0 Å². The van der Waals surface area contributed by atoms with Crippen LogP contribution in [0.2, 0.25) is 0 Å². The standard InChI is InChI=1S/C9H9FN2O2.C9H11FN2.CH4O.CH4/c10-6-1-4-9(12(13)14)8(5-6)11-7-2-3-7;10-6-1-4-8(11)9(5-6)12-7-2-3-7;1-2;/h1,4-5,7,11H,2-3H2;1,4-5,7,12H,2-3,11H2;2H,1H3;1H4. The van der Waals surface area contributed by atoms with Gasteiger partial charge in [-0.1, -0.05) is 7.43 Å². The van der Waals surface area contributed by atoms with Gasteiger partial charge in [0.2, 0.25) is 0 Å². The number of anilines is 3. The van der Waals surface area contributed by atoms with E-state index in [9.17, 15) is 18.9 Å². The Morgan fingerprint density at radius 1 is 0.966 bits per heavy atom. The molecule has 2 saturated carbocycles. The molecule has 0 aliphatic heterocycles. The van der Waals surface area contributed by atoms with Crippen LogP contribution in [-0.2, 0) is 0 Å². The van der Waals surface area contributed by atoms with Crippen LogP contribution in [0.3, 0.4) is 0 Å². The molecule has 2 aromatic carbocycles.